The Morgan fingerprint density at radius 1 is 0.742 bits per heavy atom. The highest BCUT2D eigenvalue weighted by molar-refractivity contribution is 6.06. The van der Waals surface area contributed by atoms with Crippen LogP contribution < -0.4 is 15.2 Å². The third kappa shape index (κ3) is 3.88. The van der Waals surface area contributed by atoms with E-state index in [1.165, 1.54) is 0 Å². The van der Waals surface area contributed by atoms with Crippen LogP contribution in [-0.2, 0) is 13.2 Å². The molecule has 0 aliphatic heterocycles. The Labute approximate surface area is 179 Å². The zero-order valence-electron chi connectivity index (χ0n) is 16.9. The van der Waals surface area contributed by atoms with Crippen molar-refractivity contribution in [3.63, 3.8) is 0 Å². The second-order valence-electron chi connectivity index (χ2n) is 7.15. The van der Waals surface area contributed by atoms with Gasteiger partial charge in [-0.1, -0.05) is 54.6 Å². The van der Waals surface area contributed by atoms with Gasteiger partial charge in [0.05, 0.1) is 17.6 Å². The molecule has 0 saturated carbocycles. The lowest BCUT2D eigenvalue weighted by atomic mass is 10.2. The first kappa shape index (κ1) is 18.9. The SMILES string of the molecule is Nc1nc2ccccc2c2c1nc(COc1ccccc1)n2CCOc1ccccc1. The summed E-state index contributed by atoms with van der Waals surface area (Å²) in [6, 6.07) is 27.4. The smallest absolute Gasteiger partial charge is 0.152 e. The van der Waals surface area contributed by atoms with Crippen molar-refractivity contribution >= 4 is 27.8 Å². The molecule has 0 aliphatic carbocycles. The van der Waals surface area contributed by atoms with Crippen LogP contribution in [0.1, 0.15) is 5.82 Å². The molecule has 31 heavy (non-hydrogen) atoms. The summed E-state index contributed by atoms with van der Waals surface area (Å²) in [4.78, 5) is 9.33. The van der Waals surface area contributed by atoms with E-state index in [0.29, 0.717) is 31.1 Å². The molecule has 0 amide bonds. The Balaban J connectivity index is 1.53. The molecule has 0 unspecified atom stereocenters. The highest BCUT2D eigenvalue weighted by Crippen LogP contribution is 2.29. The number of nitrogens with two attached hydrogens (primary N) is 1. The molecule has 0 fully saturated rings. The van der Waals surface area contributed by atoms with E-state index in [0.717, 1.165) is 33.7 Å². The molecule has 3 aromatic carbocycles. The number of hydrogen-bond acceptors (Lipinski definition) is 5. The maximum absolute atomic E-state index is 6.27. The van der Waals surface area contributed by atoms with Crippen molar-refractivity contribution in [3.05, 3.63) is 90.8 Å². The maximum Gasteiger partial charge on any atom is 0.152 e. The van der Waals surface area contributed by atoms with E-state index in [1.54, 1.807) is 0 Å². The summed E-state index contributed by atoms with van der Waals surface area (Å²) in [6.45, 7) is 1.41. The summed E-state index contributed by atoms with van der Waals surface area (Å²) in [5.41, 5.74) is 8.75. The average Bonchev–Trinajstić information content (AvgIpc) is 3.19. The van der Waals surface area contributed by atoms with Crippen molar-refractivity contribution in [1.29, 1.82) is 0 Å². The topological polar surface area (TPSA) is 75.2 Å². The number of anilines is 1. The summed E-state index contributed by atoms with van der Waals surface area (Å²) in [5, 5.41) is 1.00. The third-order valence-electron chi connectivity index (χ3n) is 5.13. The molecule has 5 aromatic rings. The van der Waals surface area contributed by atoms with Crippen LogP contribution in [0.3, 0.4) is 0 Å². The fraction of sp³-hybridized carbons (Fsp3) is 0.120. The van der Waals surface area contributed by atoms with Gasteiger partial charge >= 0.3 is 0 Å². The Kier molecular flexibility index (Phi) is 5.10. The second kappa shape index (κ2) is 8.36. The maximum atomic E-state index is 6.27. The molecular formula is C25H22N4O2. The van der Waals surface area contributed by atoms with Crippen LogP contribution in [0.4, 0.5) is 5.82 Å². The van der Waals surface area contributed by atoms with E-state index in [-0.39, 0.29) is 0 Å². The molecule has 0 radical (unpaired) electrons. The quantitative estimate of drug-likeness (QED) is 0.416. The molecule has 0 saturated heterocycles. The first-order valence-electron chi connectivity index (χ1n) is 10.2. The summed E-state index contributed by atoms with van der Waals surface area (Å²) in [7, 11) is 0. The number of imidazole rings is 1. The Bertz CT molecular complexity index is 1320. The molecule has 0 atom stereocenters. The van der Waals surface area contributed by atoms with Gasteiger partial charge in [-0.2, -0.15) is 0 Å². The van der Waals surface area contributed by atoms with Gasteiger partial charge in [0.1, 0.15) is 36.1 Å². The minimum atomic E-state index is 0.317. The molecule has 6 heteroatoms. The van der Waals surface area contributed by atoms with Crippen molar-refractivity contribution in [2.45, 2.75) is 13.2 Å². The van der Waals surface area contributed by atoms with Gasteiger partial charge in [0.25, 0.3) is 0 Å². The number of nitrogens with zero attached hydrogens (tertiary/aromatic N) is 3. The molecule has 6 nitrogen and oxygen atoms in total. The number of aromatic nitrogens is 3. The van der Waals surface area contributed by atoms with E-state index in [2.05, 4.69) is 9.55 Å². The van der Waals surface area contributed by atoms with Gasteiger partial charge in [-0.05, 0) is 30.3 Å². The number of rotatable bonds is 7. The highest BCUT2D eigenvalue weighted by atomic mass is 16.5. The first-order chi connectivity index (χ1) is 15.3. The predicted molar refractivity (Wildman–Crippen MR) is 122 cm³/mol. The highest BCUT2D eigenvalue weighted by Gasteiger charge is 2.17. The number of benzene rings is 3. The Morgan fingerprint density at radius 3 is 2.13 bits per heavy atom. The van der Waals surface area contributed by atoms with Gasteiger partial charge in [-0.3, -0.25) is 0 Å². The van der Waals surface area contributed by atoms with Crippen LogP contribution in [0.5, 0.6) is 11.5 Å². The van der Waals surface area contributed by atoms with Gasteiger partial charge in [0, 0.05) is 5.39 Å². The summed E-state index contributed by atoms with van der Waals surface area (Å²) < 4.78 is 14.1. The molecular weight excluding hydrogens is 388 g/mol. The summed E-state index contributed by atoms with van der Waals surface area (Å²) in [5.74, 6) is 2.82. The number of pyridine rings is 1. The van der Waals surface area contributed by atoms with E-state index < -0.39 is 0 Å². The molecule has 5 rings (SSSR count). The van der Waals surface area contributed by atoms with Gasteiger partial charge in [0.15, 0.2) is 5.82 Å². The van der Waals surface area contributed by atoms with E-state index in [4.69, 9.17) is 20.2 Å². The van der Waals surface area contributed by atoms with Gasteiger partial charge in [-0.25, -0.2) is 9.97 Å². The first-order valence-corrected chi connectivity index (χ1v) is 10.2. The molecule has 0 spiro atoms. The Morgan fingerprint density at radius 2 is 1.39 bits per heavy atom. The fourth-order valence-electron chi connectivity index (χ4n) is 3.69. The van der Waals surface area contributed by atoms with Crippen LogP contribution in [0.2, 0.25) is 0 Å². The van der Waals surface area contributed by atoms with Gasteiger partial charge < -0.3 is 19.8 Å². The number of fused-ring (bicyclic) bond motifs is 3. The van der Waals surface area contributed by atoms with Crippen LogP contribution in [-0.4, -0.2) is 21.1 Å². The minimum Gasteiger partial charge on any atom is -0.492 e. The third-order valence-corrected chi connectivity index (χ3v) is 5.13. The van der Waals surface area contributed by atoms with E-state index >= 15 is 0 Å². The van der Waals surface area contributed by atoms with Crippen LogP contribution in [0, 0.1) is 0 Å². The van der Waals surface area contributed by atoms with Crippen molar-refractivity contribution in [3.8, 4) is 11.5 Å². The van der Waals surface area contributed by atoms with Crippen LogP contribution >= 0.6 is 0 Å². The normalized spacial score (nSPS) is 11.1. The zero-order valence-corrected chi connectivity index (χ0v) is 16.9. The summed E-state index contributed by atoms with van der Waals surface area (Å²) in [6.07, 6.45) is 0. The van der Waals surface area contributed by atoms with Crippen molar-refractivity contribution < 1.29 is 9.47 Å². The second-order valence-corrected chi connectivity index (χ2v) is 7.15. The van der Waals surface area contributed by atoms with Crippen molar-refractivity contribution in [1.82, 2.24) is 14.5 Å². The Hall–Kier alpha value is -4.06. The lowest BCUT2D eigenvalue weighted by molar-refractivity contribution is 0.272. The molecule has 2 aromatic heterocycles. The number of ether oxygens (including phenoxy) is 2. The lowest BCUT2D eigenvalue weighted by Gasteiger charge is -2.13. The molecule has 154 valence electrons. The number of para-hydroxylation sites is 3. The molecule has 2 N–H and O–H groups in total. The standard InChI is InChI=1S/C25H22N4O2/c26-25-23-24(20-13-7-8-14-21(20)27-25)29(15-16-30-18-9-3-1-4-10-18)22(28-23)17-31-19-11-5-2-6-12-19/h1-14H,15-17H2,(H2,26,27). The summed E-state index contributed by atoms with van der Waals surface area (Å²) >= 11 is 0. The van der Waals surface area contributed by atoms with E-state index in [1.807, 2.05) is 84.9 Å². The molecule has 2 heterocycles. The monoisotopic (exact) mass is 410 g/mol. The average molecular weight is 410 g/mol. The fourth-order valence-corrected chi connectivity index (χ4v) is 3.69. The van der Waals surface area contributed by atoms with Crippen LogP contribution in [0.25, 0.3) is 21.9 Å². The largest absolute Gasteiger partial charge is 0.492 e. The van der Waals surface area contributed by atoms with Crippen molar-refractivity contribution in [2.24, 2.45) is 0 Å². The van der Waals surface area contributed by atoms with E-state index in [9.17, 15) is 0 Å². The zero-order chi connectivity index (χ0) is 21.0. The number of nitrogen functional groups attached to an aromatic ring is 1. The van der Waals surface area contributed by atoms with Gasteiger partial charge in [0.2, 0.25) is 0 Å². The predicted octanol–water partition coefficient (Wildman–Crippen LogP) is 4.82. The number of hydrogen-bond donors (Lipinski definition) is 1. The molecule has 0 bridgehead atoms. The van der Waals surface area contributed by atoms with Gasteiger partial charge in [-0.15, -0.1) is 0 Å². The minimum absolute atomic E-state index is 0.317. The lowest BCUT2D eigenvalue weighted by Crippen LogP contribution is -2.13. The molecule has 0 aliphatic rings. The van der Waals surface area contributed by atoms with Crippen LogP contribution in [0.15, 0.2) is 84.9 Å². The van der Waals surface area contributed by atoms with Crippen molar-refractivity contribution in [2.75, 3.05) is 12.3 Å².